The summed E-state index contributed by atoms with van der Waals surface area (Å²) in [6.07, 6.45) is 1.22. The molecule has 0 aromatic heterocycles. The molecule has 0 saturated carbocycles. The molecule has 1 unspecified atom stereocenters. The van der Waals surface area contributed by atoms with Crippen molar-refractivity contribution in [3.8, 4) is 5.75 Å². The zero-order valence-electron chi connectivity index (χ0n) is 17.9. The topological polar surface area (TPSA) is 70.7 Å². The first-order chi connectivity index (χ1) is 14.2. The van der Waals surface area contributed by atoms with Crippen molar-refractivity contribution in [3.05, 3.63) is 60.2 Å². The molecule has 2 amide bonds. The fraction of sp³-hybridized carbons (Fsp3) is 0.391. The Kier molecular flexibility index (Phi) is 11.6. The number of nitrogens with one attached hydrogen (secondary N) is 2. The first-order valence-corrected chi connectivity index (χ1v) is 10.1. The number of carbonyl (C=O) groups is 2. The standard InChI is InChI=1S/C13H18N2O2.C8H9NO.C2H6/c1-3-8-14-13(16)12-9-15(2)10-6-4-5-7-11(10)17-12;10-7-9-6-8-4-2-1-3-5-8;1-2/h4-7,12H,3,8-9H2,1-2H3,(H,14,16);1-5,7H,6H2,(H,9,10);1-2H3. The number of hydrogen-bond donors (Lipinski definition) is 2. The highest BCUT2D eigenvalue weighted by Gasteiger charge is 2.28. The summed E-state index contributed by atoms with van der Waals surface area (Å²) in [5, 5.41) is 5.45. The molecule has 6 nitrogen and oxygen atoms in total. The van der Waals surface area contributed by atoms with Gasteiger partial charge in [-0.3, -0.25) is 9.59 Å². The quantitative estimate of drug-likeness (QED) is 0.731. The molecule has 158 valence electrons. The molecular weight excluding hydrogens is 366 g/mol. The average Bonchev–Trinajstić information content (AvgIpc) is 2.78. The Morgan fingerprint density at radius 2 is 1.79 bits per heavy atom. The third-order valence-electron chi connectivity index (χ3n) is 4.06. The third kappa shape index (κ3) is 8.25. The van der Waals surface area contributed by atoms with E-state index in [-0.39, 0.29) is 5.91 Å². The number of ether oxygens (including phenoxy) is 1. The van der Waals surface area contributed by atoms with Gasteiger partial charge in [-0.1, -0.05) is 63.2 Å². The number of carbonyl (C=O) groups excluding carboxylic acids is 2. The van der Waals surface area contributed by atoms with Gasteiger partial charge in [0, 0.05) is 20.1 Å². The van der Waals surface area contributed by atoms with E-state index in [0.717, 1.165) is 23.4 Å². The van der Waals surface area contributed by atoms with Crippen molar-refractivity contribution in [3.63, 3.8) is 0 Å². The minimum Gasteiger partial charge on any atom is -0.477 e. The molecule has 0 saturated heterocycles. The lowest BCUT2D eigenvalue weighted by molar-refractivity contribution is -0.127. The molecule has 2 N–H and O–H groups in total. The molecule has 2 aromatic rings. The molecule has 0 radical (unpaired) electrons. The number of hydrogen-bond acceptors (Lipinski definition) is 4. The van der Waals surface area contributed by atoms with Gasteiger partial charge in [0.15, 0.2) is 6.10 Å². The van der Waals surface area contributed by atoms with E-state index in [1.54, 1.807) is 0 Å². The van der Waals surface area contributed by atoms with Crippen molar-refractivity contribution in [1.82, 2.24) is 10.6 Å². The van der Waals surface area contributed by atoms with Crippen LogP contribution in [0, 0.1) is 0 Å². The lowest BCUT2D eigenvalue weighted by atomic mass is 10.2. The predicted octanol–water partition coefficient (Wildman–Crippen LogP) is 3.37. The number of benzene rings is 2. The normalized spacial score (nSPS) is 13.9. The number of para-hydroxylation sites is 2. The van der Waals surface area contributed by atoms with E-state index in [0.29, 0.717) is 26.0 Å². The van der Waals surface area contributed by atoms with Crippen LogP contribution in [0.15, 0.2) is 54.6 Å². The minimum atomic E-state index is -0.415. The summed E-state index contributed by atoms with van der Waals surface area (Å²) in [4.78, 5) is 23.8. The number of rotatable bonds is 6. The number of nitrogens with zero attached hydrogens (tertiary/aromatic N) is 1. The van der Waals surface area contributed by atoms with Gasteiger partial charge < -0.3 is 20.3 Å². The Labute approximate surface area is 174 Å². The molecule has 1 aliphatic rings. The van der Waals surface area contributed by atoms with Crippen molar-refractivity contribution < 1.29 is 14.3 Å². The molecule has 3 rings (SSSR count). The second kappa shape index (κ2) is 14.0. The van der Waals surface area contributed by atoms with Gasteiger partial charge in [-0.25, -0.2) is 0 Å². The maximum atomic E-state index is 11.8. The van der Waals surface area contributed by atoms with Gasteiger partial charge in [0.25, 0.3) is 5.91 Å². The van der Waals surface area contributed by atoms with E-state index < -0.39 is 6.10 Å². The highest BCUT2D eigenvalue weighted by atomic mass is 16.5. The lowest BCUT2D eigenvalue weighted by Gasteiger charge is -2.32. The van der Waals surface area contributed by atoms with Crippen molar-refractivity contribution in [2.45, 2.75) is 39.8 Å². The first kappa shape index (κ1) is 24.0. The van der Waals surface area contributed by atoms with Crippen LogP contribution in [0.1, 0.15) is 32.8 Å². The summed E-state index contributed by atoms with van der Waals surface area (Å²) in [5.74, 6) is 0.742. The summed E-state index contributed by atoms with van der Waals surface area (Å²) >= 11 is 0. The molecule has 2 aromatic carbocycles. The van der Waals surface area contributed by atoms with E-state index in [4.69, 9.17) is 4.74 Å². The highest BCUT2D eigenvalue weighted by Crippen LogP contribution is 2.31. The predicted molar refractivity (Wildman–Crippen MR) is 118 cm³/mol. The summed E-state index contributed by atoms with van der Waals surface area (Å²) in [6.45, 7) is 7.93. The fourth-order valence-corrected chi connectivity index (χ4v) is 2.66. The second-order valence-electron chi connectivity index (χ2n) is 6.23. The summed E-state index contributed by atoms with van der Waals surface area (Å²) in [5.41, 5.74) is 2.15. The minimum absolute atomic E-state index is 0.0341. The largest absolute Gasteiger partial charge is 0.477 e. The summed E-state index contributed by atoms with van der Waals surface area (Å²) in [6, 6.07) is 17.6. The van der Waals surface area contributed by atoms with Gasteiger partial charge in [0.2, 0.25) is 6.41 Å². The monoisotopic (exact) mass is 399 g/mol. The molecule has 0 fully saturated rings. The van der Waals surface area contributed by atoms with Gasteiger partial charge >= 0.3 is 0 Å². The Hall–Kier alpha value is -3.02. The van der Waals surface area contributed by atoms with Crippen LogP contribution in [0.3, 0.4) is 0 Å². The Bertz CT molecular complexity index is 722. The number of anilines is 1. The second-order valence-corrected chi connectivity index (χ2v) is 6.23. The van der Waals surface area contributed by atoms with E-state index in [9.17, 15) is 9.59 Å². The highest BCUT2D eigenvalue weighted by molar-refractivity contribution is 5.83. The first-order valence-electron chi connectivity index (χ1n) is 10.1. The summed E-state index contributed by atoms with van der Waals surface area (Å²) < 4.78 is 5.71. The molecule has 0 spiro atoms. The van der Waals surface area contributed by atoms with Gasteiger partial charge in [-0.2, -0.15) is 0 Å². The van der Waals surface area contributed by atoms with Crippen LogP contribution in [0.25, 0.3) is 0 Å². The SMILES string of the molecule is CC.CCCNC(=O)C1CN(C)c2ccccc2O1.O=CNCc1ccccc1. The van der Waals surface area contributed by atoms with Crippen LogP contribution in [-0.2, 0) is 16.1 Å². The lowest BCUT2D eigenvalue weighted by Crippen LogP contribution is -2.48. The molecule has 0 aliphatic carbocycles. The van der Waals surface area contributed by atoms with Gasteiger partial charge in [-0.15, -0.1) is 0 Å². The average molecular weight is 400 g/mol. The zero-order valence-corrected chi connectivity index (χ0v) is 17.9. The Balaban J connectivity index is 0.000000299. The Morgan fingerprint density at radius 3 is 2.45 bits per heavy atom. The van der Waals surface area contributed by atoms with Gasteiger partial charge in [0.1, 0.15) is 5.75 Å². The van der Waals surface area contributed by atoms with Crippen LogP contribution in [-0.4, -0.2) is 38.6 Å². The van der Waals surface area contributed by atoms with Crippen LogP contribution >= 0.6 is 0 Å². The molecule has 29 heavy (non-hydrogen) atoms. The van der Waals surface area contributed by atoms with E-state index in [1.165, 1.54) is 0 Å². The maximum Gasteiger partial charge on any atom is 0.262 e. The van der Waals surface area contributed by atoms with Crippen LogP contribution < -0.4 is 20.3 Å². The zero-order chi connectivity index (χ0) is 21.5. The van der Waals surface area contributed by atoms with E-state index in [2.05, 4.69) is 15.5 Å². The fourth-order valence-electron chi connectivity index (χ4n) is 2.66. The Morgan fingerprint density at radius 1 is 1.14 bits per heavy atom. The smallest absolute Gasteiger partial charge is 0.262 e. The van der Waals surface area contributed by atoms with E-state index in [1.807, 2.05) is 82.4 Å². The number of fused-ring (bicyclic) bond motifs is 1. The molecule has 1 aliphatic heterocycles. The molecule has 6 heteroatoms. The maximum absolute atomic E-state index is 11.8. The molecule has 1 heterocycles. The van der Waals surface area contributed by atoms with E-state index >= 15 is 0 Å². The summed E-state index contributed by atoms with van der Waals surface area (Å²) in [7, 11) is 1.97. The molecule has 0 bridgehead atoms. The molecule has 1 atom stereocenters. The molecular formula is C23H33N3O3. The van der Waals surface area contributed by atoms with Gasteiger partial charge in [-0.05, 0) is 24.1 Å². The van der Waals surface area contributed by atoms with Crippen molar-refractivity contribution >= 4 is 18.0 Å². The van der Waals surface area contributed by atoms with Crippen molar-refractivity contribution in [2.24, 2.45) is 0 Å². The third-order valence-corrected chi connectivity index (χ3v) is 4.06. The van der Waals surface area contributed by atoms with Crippen LogP contribution in [0.2, 0.25) is 0 Å². The van der Waals surface area contributed by atoms with Crippen molar-refractivity contribution in [1.29, 1.82) is 0 Å². The number of amides is 2. The van der Waals surface area contributed by atoms with Gasteiger partial charge in [0.05, 0.1) is 12.2 Å². The van der Waals surface area contributed by atoms with Crippen LogP contribution in [0.5, 0.6) is 5.75 Å². The van der Waals surface area contributed by atoms with Crippen LogP contribution in [0.4, 0.5) is 5.69 Å². The van der Waals surface area contributed by atoms with Crippen molar-refractivity contribution in [2.75, 3.05) is 25.0 Å². The number of likely N-dealkylation sites (N-methyl/N-ethyl adjacent to an activating group) is 1.